The first-order valence-corrected chi connectivity index (χ1v) is 2.54. The van der Waals surface area contributed by atoms with Gasteiger partial charge < -0.3 is 1.43 Å². The van der Waals surface area contributed by atoms with Crippen molar-refractivity contribution in [2.75, 3.05) is 0 Å². The van der Waals surface area contributed by atoms with Crippen LogP contribution >= 0.6 is 0 Å². The maximum absolute atomic E-state index is 8.41. The summed E-state index contributed by atoms with van der Waals surface area (Å²) in [4.78, 5) is 0. The summed E-state index contributed by atoms with van der Waals surface area (Å²) >= 11 is -2.88. The normalized spacial score (nSPS) is 3.43. The van der Waals surface area contributed by atoms with Crippen LogP contribution in [0.3, 0.4) is 0 Å². The van der Waals surface area contributed by atoms with Gasteiger partial charge in [-0.2, -0.15) is 0 Å². The SMILES string of the molecule is [H-].[Li+].[O]=[Mn]=[O].[O]=[Mn]=[O]. The van der Waals surface area contributed by atoms with Gasteiger partial charge in [0.1, 0.15) is 0 Å². The van der Waals surface area contributed by atoms with E-state index in [1.807, 2.05) is 0 Å². The molecule has 0 radical (unpaired) electrons. The van der Waals surface area contributed by atoms with E-state index in [1.54, 1.807) is 0 Å². The number of hydrogen-bond donors (Lipinski definition) is 0. The average molecular weight is 182 g/mol. The summed E-state index contributed by atoms with van der Waals surface area (Å²) in [5.74, 6) is 0. The van der Waals surface area contributed by atoms with Gasteiger partial charge in [-0.3, -0.25) is 0 Å². The standard InChI is InChI=1S/Li.2Mn.4O.H/q+1;;;;;;;-1. The molecule has 0 bridgehead atoms. The van der Waals surface area contributed by atoms with Crippen LogP contribution in [0.25, 0.3) is 0 Å². The fraction of sp³-hybridized carbons (Fsp3) is 0. The van der Waals surface area contributed by atoms with E-state index in [0.717, 1.165) is 0 Å². The molecule has 7 heteroatoms. The second-order valence-corrected chi connectivity index (χ2v) is 0.519. The Bertz CT molecular complexity index is 68.0. The maximum atomic E-state index is 8.41. The molecular weight excluding hydrogens is 181 g/mol. The van der Waals surface area contributed by atoms with E-state index in [2.05, 4.69) is 0 Å². The molecule has 40 valence electrons. The molecule has 0 rings (SSSR count). The Kier molecular flexibility index (Phi) is 64.7. The van der Waals surface area contributed by atoms with Crippen LogP contribution < -0.4 is 18.9 Å². The summed E-state index contributed by atoms with van der Waals surface area (Å²) in [7, 11) is 0. The van der Waals surface area contributed by atoms with Gasteiger partial charge in [0.2, 0.25) is 0 Å². The quantitative estimate of drug-likeness (QED) is 0.366. The Morgan fingerprint density at radius 1 is 0.857 bits per heavy atom. The molecule has 0 unspecified atom stereocenters. The van der Waals surface area contributed by atoms with E-state index in [1.165, 1.54) is 0 Å². The van der Waals surface area contributed by atoms with Gasteiger partial charge in [0, 0.05) is 0 Å². The molecular formula is HLiMn2O4. The summed E-state index contributed by atoms with van der Waals surface area (Å²) in [5.41, 5.74) is 0. The molecule has 7 heavy (non-hydrogen) atoms. The van der Waals surface area contributed by atoms with Crippen LogP contribution in [0.1, 0.15) is 1.43 Å². The van der Waals surface area contributed by atoms with Gasteiger partial charge in [0.25, 0.3) is 0 Å². The van der Waals surface area contributed by atoms with Gasteiger partial charge in [-0.1, -0.05) is 0 Å². The van der Waals surface area contributed by atoms with Crippen LogP contribution in [0.5, 0.6) is 0 Å². The van der Waals surface area contributed by atoms with Crippen LogP contribution in [0, 0.1) is 0 Å². The molecule has 0 spiro atoms. The van der Waals surface area contributed by atoms with E-state index in [0.29, 0.717) is 0 Å². The summed E-state index contributed by atoms with van der Waals surface area (Å²) in [6, 6.07) is 0. The Hall–Kier alpha value is 0.836. The van der Waals surface area contributed by atoms with Crippen molar-refractivity contribution in [1.29, 1.82) is 0 Å². The van der Waals surface area contributed by atoms with Gasteiger partial charge in [-0.05, 0) is 0 Å². The Balaban J connectivity index is -0.0000000160. The predicted molar refractivity (Wildman–Crippen MR) is 3.86 cm³/mol. The number of hydrogen-bond acceptors (Lipinski definition) is 4. The van der Waals surface area contributed by atoms with Crippen LogP contribution in [0.2, 0.25) is 0 Å². The fourth-order valence-corrected chi connectivity index (χ4v) is 0. The van der Waals surface area contributed by atoms with Crippen LogP contribution in [0.15, 0.2) is 0 Å². The molecule has 0 heterocycles. The molecule has 0 aliphatic carbocycles. The third-order valence-corrected chi connectivity index (χ3v) is 0. The molecule has 0 saturated heterocycles. The van der Waals surface area contributed by atoms with Crippen molar-refractivity contribution in [3.8, 4) is 0 Å². The topological polar surface area (TPSA) is 68.3 Å². The van der Waals surface area contributed by atoms with Crippen molar-refractivity contribution in [2.24, 2.45) is 0 Å². The summed E-state index contributed by atoms with van der Waals surface area (Å²) in [5, 5.41) is 0. The Labute approximate surface area is 65.2 Å². The van der Waals surface area contributed by atoms with Gasteiger partial charge in [-0.25, -0.2) is 0 Å². The van der Waals surface area contributed by atoms with Crippen molar-refractivity contribution in [1.82, 2.24) is 0 Å². The fourth-order valence-electron chi connectivity index (χ4n) is 0. The summed E-state index contributed by atoms with van der Waals surface area (Å²) < 4.78 is 33.6. The van der Waals surface area contributed by atoms with Gasteiger partial charge in [0.05, 0.1) is 0 Å². The second kappa shape index (κ2) is 28.9. The summed E-state index contributed by atoms with van der Waals surface area (Å²) in [6.07, 6.45) is 0. The third-order valence-electron chi connectivity index (χ3n) is 0. The Morgan fingerprint density at radius 2 is 0.857 bits per heavy atom. The molecule has 4 nitrogen and oxygen atoms in total. The zero-order valence-corrected chi connectivity index (χ0v) is 5.75. The second-order valence-electron chi connectivity index (χ2n) is 0.126. The van der Waals surface area contributed by atoms with Crippen molar-refractivity contribution in [3.63, 3.8) is 0 Å². The minimum absolute atomic E-state index is 0. The van der Waals surface area contributed by atoms with E-state index in [4.69, 9.17) is 15.3 Å². The molecule has 0 aromatic carbocycles. The first-order valence-electron chi connectivity index (χ1n) is 0.617. The van der Waals surface area contributed by atoms with Gasteiger partial charge in [0.15, 0.2) is 0 Å². The molecule has 0 amide bonds. The molecule has 0 atom stereocenters. The van der Waals surface area contributed by atoms with E-state index < -0.39 is 29.6 Å². The molecule has 0 aromatic heterocycles. The molecule has 0 saturated carbocycles. The van der Waals surface area contributed by atoms with Crippen LogP contribution in [-0.4, -0.2) is 0 Å². The monoisotopic (exact) mass is 182 g/mol. The first-order chi connectivity index (χ1) is 2.83. The van der Waals surface area contributed by atoms with Crippen molar-refractivity contribution < 1.29 is 65.3 Å². The van der Waals surface area contributed by atoms with Gasteiger partial charge >= 0.3 is 63.8 Å². The van der Waals surface area contributed by atoms with Crippen molar-refractivity contribution in [2.45, 2.75) is 0 Å². The molecule has 0 N–H and O–H groups in total. The van der Waals surface area contributed by atoms with Crippen molar-refractivity contribution in [3.05, 3.63) is 0 Å². The van der Waals surface area contributed by atoms with Crippen LogP contribution in [0.4, 0.5) is 0 Å². The third kappa shape index (κ3) is 229. The first kappa shape index (κ1) is 15.7. The molecule has 0 fully saturated rings. The van der Waals surface area contributed by atoms with Crippen LogP contribution in [-0.2, 0) is 45.0 Å². The van der Waals surface area contributed by atoms with Gasteiger partial charge in [-0.15, -0.1) is 0 Å². The summed E-state index contributed by atoms with van der Waals surface area (Å²) in [6.45, 7) is 0. The molecule has 0 aliphatic rings. The zero-order valence-electron chi connectivity index (χ0n) is 4.39. The molecule has 0 aromatic rings. The zero-order chi connectivity index (χ0) is 5.41. The number of rotatable bonds is 0. The Morgan fingerprint density at radius 3 is 0.857 bits per heavy atom. The van der Waals surface area contributed by atoms with E-state index >= 15 is 0 Å². The average Bonchev–Trinajstić information content (AvgIpc) is 1.39. The van der Waals surface area contributed by atoms with E-state index in [-0.39, 0.29) is 20.3 Å². The van der Waals surface area contributed by atoms with E-state index in [9.17, 15) is 0 Å². The predicted octanol–water partition coefficient (Wildman–Crippen LogP) is -3.36. The minimum atomic E-state index is -1.44. The van der Waals surface area contributed by atoms with Crippen molar-refractivity contribution >= 4 is 0 Å². The molecule has 0 aliphatic heterocycles.